The second kappa shape index (κ2) is 7.51. The molecule has 154 valence electrons. The Morgan fingerprint density at radius 2 is 1.82 bits per heavy atom. The number of halogens is 3. The van der Waals surface area contributed by atoms with Crippen LogP contribution in [0.5, 0.6) is 0 Å². The number of aliphatic hydroxyl groups excluding tert-OH is 1. The Balaban J connectivity index is 2.82. The molecule has 0 spiro atoms. The highest BCUT2D eigenvalue weighted by Crippen LogP contribution is 2.38. The Morgan fingerprint density at radius 1 is 1.25 bits per heavy atom. The van der Waals surface area contributed by atoms with Gasteiger partial charge in [0.2, 0.25) is 6.29 Å². The molecule has 0 unspecified atom stereocenters. The minimum Gasteiger partial charge on any atom is -0.618 e. The van der Waals surface area contributed by atoms with Crippen LogP contribution in [-0.4, -0.2) is 30.9 Å². The number of pyridine rings is 1. The maximum absolute atomic E-state index is 13.1. The van der Waals surface area contributed by atoms with Crippen LogP contribution in [0.1, 0.15) is 49.9 Å². The van der Waals surface area contributed by atoms with Crippen LogP contribution < -0.4 is 4.73 Å². The number of rotatable bonds is 4. The van der Waals surface area contributed by atoms with Gasteiger partial charge in [0.05, 0.1) is 5.56 Å². The van der Waals surface area contributed by atoms with Crippen molar-refractivity contribution in [2.75, 3.05) is 14.2 Å². The smallest absolute Gasteiger partial charge is 0.478 e. The first-order valence-electron chi connectivity index (χ1n) is 8.27. The summed E-state index contributed by atoms with van der Waals surface area (Å²) in [5.41, 5.74) is -4.24. The first-order chi connectivity index (χ1) is 12.9. The van der Waals surface area contributed by atoms with Gasteiger partial charge >= 0.3 is 6.18 Å². The predicted molar refractivity (Wildman–Crippen MR) is 89.7 cm³/mol. The van der Waals surface area contributed by atoms with E-state index in [0.717, 1.165) is 20.3 Å². The summed E-state index contributed by atoms with van der Waals surface area (Å²) in [6, 6.07) is 1.26. The van der Waals surface area contributed by atoms with Crippen molar-refractivity contribution < 1.29 is 42.1 Å². The zero-order chi connectivity index (χ0) is 21.4. The molecule has 0 radical (unpaired) electrons. The minimum absolute atomic E-state index is 0.0243. The SMILES string of the molecule is COC(OC)c1c(C(O)=C2C(=O)CCC(C)(C)C2=O)ccc(C(F)(F)F)[n+]1[O-]. The third-order valence-corrected chi connectivity index (χ3v) is 4.65. The van der Waals surface area contributed by atoms with Crippen molar-refractivity contribution in [3.05, 3.63) is 39.9 Å². The van der Waals surface area contributed by atoms with Crippen LogP contribution >= 0.6 is 0 Å². The van der Waals surface area contributed by atoms with E-state index in [1.807, 2.05) is 0 Å². The summed E-state index contributed by atoms with van der Waals surface area (Å²) in [6.07, 6.45) is -6.33. The van der Waals surface area contributed by atoms with E-state index in [2.05, 4.69) is 0 Å². The highest BCUT2D eigenvalue weighted by molar-refractivity contribution is 6.27. The molecule has 1 saturated carbocycles. The first kappa shape index (κ1) is 21.8. The molecule has 1 heterocycles. The van der Waals surface area contributed by atoms with Crippen LogP contribution in [-0.2, 0) is 25.2 Å². The first-order valence-corrected chi connectivity index (χ1v) is 8.27. The van der Waals surface area contributed by atoms with Crippen LogP contribution in [0.15, 0.2) is 17.7 Å². The van der Waals surface area contributed by atoms with E-state index >= 15 is 0 Å². The third kappa shape index (κ3) is 3.74. The van der Waals surface area contributed by atoms with E-state index in [9.17, 15) is 33.1 Å². The topological polar surface area (TPSA) is 99.8 Å². The fourth-order valence-electron chi connectivity index (χ4n) is 3.01. The van der Waals surface area contributed by atoms with Crippen molar-refractivity contribution in [1.29, 1.82) is 0 Å². The molecule has 7 nitrogen and oxygen atoms in total. The summed E-state index contributed by atoms with van der Waals surface area (Å²) in [5.74, 6) is -2.19. The molecule has 10 heteroatoms. The molecule has 0 amide bonds. The summed E-state index contributed by atoms with van der Waals surface area (Å²) in [5, 5.41) is 23.1. The van der Waals surface area contributed by atoms with Crippen molar-refractivity contribution in [3.63, 3.8) is 0 Å². The number of ketones is 2. The van der Waals surface area contributed by atoms with Gasteiger partial charge in [-0.05, 0) is 12.5 Å². The summed E-state index contributed by atoms with van der Waals surface area (Å²) in [7, 11) is 2.17. The van der Waals surface area contributed by atoms with Crippen LogP contribution in [0.4, 0.5) is 13.2 Å². The standard InChI is InChI=1S/C18H20F3NO6/c1-17(2)8-7-10(23)12(15(17)25)14(24)9-5-6-11(18(19,20)21)22(26)13(9)16(27-3)28-4/h5-6,16,24H,7-8H2,1-4H3. The molecule has 1 aliphatic carbocycles. The molecule has 1 N–H and O–H groups in total. The van der Waals surface area contributed by atoms with Gasteiger partial charge in [-0.3, -0.25) is 9.59 Å². The van der Waals surface area contributed by atoms with Crippen LogP contribution in [0.3, 0.4) is 0 Å². The molecule has 0 aromatic carbocycles. The van der Waals surface area contributed by atoms with Crippen molar-refractivity contribution in [2.45, 2.75) is 39.2 Å². The fourth-order valence-corrected chi connectivity index (χ4v) is 3.01. The normalized spacial score (nSPS) is 19.3. The number of carbonyl (C=O) groups excluding carboxylic acids is 2. The summed E-state index contributed by atoms with van der Waals surface area (Å²) >= 11 is 0. The van der Waals surface area contributed by atoms with Gasteiger partial charge < -0.3 is 19.8 Å². The van der Waals surface area contributed by atoms with Gasteiger partial charge in [0, 0.05) is 32.1 Å². The van der Waals surface area contributed by atoms with Crippen molar-refractivity contribution in [1.82, 2.24) is 0 Å². The molecule has 28 heavy (non-hydrogen) atoms. The van der Waals surface area contributed by atoms with Crippen LogP contribution in [0, 0.1) is 10.6 Å². The quantitative estimate of drug-likeness (QED) is 0.207. The fraction of sp³-hybridized carbons (Fsp3) is 0.500. The maximum atomic E-state index is 13.1. The summed E-state index contributed by atoms with van der Waals surface area (Å²) in [4.78, 5) is 24.9. The molecule has 1 aliphatic rings. The Labute approximate surface area is 158 Å². The number of Topliss-reactive ketones (excluding diaryl/α,β-unsaturated/α-hetero) is 2. The summed E-state index contributed by atoms with van der Waals surface area (Å²) < 4.78 is 48.7. The lowest BCUT2D eigenvalue weighted by Crippen LogP contribution is -2.43. The number of carbonyl (C=O) groups is 2. The van der Waals surface area contributed by atoms with E-state index in [1.54, 1.807) is 13.8 Å². The van der Waals surface area contributed by atoms with Gasteiger partial charge in [0.15, 0.2) is 11.6 Å². The number of alkyl halides is 3. The second-order valence-corrected chi connectivity index (χ2v) is 6.97. The van der Waals surface area contributed by atoms with Crippen molar-refractivity contribution in [2.24, 2.45) is 5.41 Å². The average Bonchev–Trinajstić information content (AvgIpc) is 2.60. The number of aliphatic hydroxyl groups is 1. The van der Waals surface area contributed by atoms with Crippen molar-refractivity contribution in [3.8, 4) is 0 Å². The van der Waals surface area contributed by atoms with Gasteiger partial charge in [-0.25, -0.2) is 0 Å². The number of ether oxygens (including phenoxy) is 2. The van der Waals surface area contributed by atoms with Crippen LogP contribution in [0.25, 0.3) is 5.76 Å². The van der Waals surface area contributed by atoms with E-state index in [-0.39, 0.29) is 12.8 Å². The van der Waals surface area contributed by atoms with Gasteiger partial charge in [0.1, 0.15) is 11.3 Å². The van der Waals surface area contributed by atoms with Gasteiger partial charge in [-0.2, -0.15) is 17.9 Å². The lowest BCUT2D eigenvalue weighted by atomic mass is 9.72. The lowest BCUT2D eigenvalue weighted by molar-refractivity contribution is -0.645. The second-order valence-electron chi connectivity index (χ2n) is 6.97. The molecule has 0 saturated heterocycles. The number of allylic oxidation sites excluding steroid dienone is 1. The number of hydrogen-bond donors (Lipinski definition) is 1. The summed E-state index contributed by atoms with van der Waals surface area (Å²) in [6.45, 7) is 3.17. The Bertz CT molecular complexity index is 840. The molecule has 0 bridgehead atoms. The number of hydrogen-bond acceptors (Lipinski definition) is 6. The van der Waals surface area contributed by atoms with Gasteiger partial charge in [0.25, 0.3) is 11.4 Å². The van der Waals surface area contributed by atoms with E-state index in [0.29, 0.717) is 6.07 Å². The molecule has 1 aromatic rings. The molecule has 1 fully saturated rings. The van der Waals surface area contributed by atoms with Crippen molar-refractivity contribution >= 4 is 17.3 Å². The molecule has 0 aliphatic heterocycles. The highest BCUT2D eigenvalue weighted by atomic mass is 19.4. The number of nitrogens with zero attached hydrogens (tertiary/aromatic N) is 1. The maximum Gasteiger partial charge on any atom is 0.478 e. The van der Waals surface area contributed by atoms with E-state index in [4.69, 9.17) is 9.47 Å². The molecular formula is C18H20F3NO6. The molecular weight excluding hydrogens is 383 g/mol. The van der Waals surface area contributed by atoms with Gasteiger partial charge in [-0.1, -0.05) is 13.8 Å². The van der Waals surface area contributed by atoms with E-state index in [1.165, 1.54) is 0 Å². The lowest BCUT2D eigenvalue weighted by Gasteiger charge is -2.29. The number of aromatic nitrogens is 1. The average molecular weight is 403 g/mol. The Morgan fingerprint density at radius 3 is 2.32 bits per heavy atom. The number of methoxy groups -OCH3 is 2. The molecule has 0 atom stereocenters. The molecule has 1 aromatic heterocycles. The largest absolute Gasteiger partial charge is 0.618 e. The Hall–Kier alpha value is -2.46. The molecule has 2 rings (SSSR count). The predicted octanol–water partition coefficient (Wildman–Crippen LogP) is 2.86. The highest BCUT2D eigenvalue weighted by Gasteiger charge is 2.45. The monoisotopic (exact) mass is 403 g/mol. The van der Waals surface area contributed by atoms with Crippen LogP contribution in [0.2, 0.25) is 0 Å². The zero-order valence-electron chi connectivity index (χ0n) is 15.7. The Kier molecular flexibility index (Phi) is 5.86. The van der Waals surface area contributed by atoms with Gasteiger partial charge in [-0.15, -0.1) is 0 Å². The minimum atomic E-state index is -4.98. The zero-order valence-corrected chi connectivity index (χ0v) is 15.7. The van der Waals surface area contributed by atoms with E-state index < -0.39 is 62.5 Å². The third-order valence-electron chi connectivity index (χ3n) is 4.65.